The number of nitrogens with one attached hydrogen (secondary N) is 1. The maximum Gasteiger partial charge on any atom is 0.264 e. The molecule has 8 heteroatoms. The van der Waals surface area contributed by atoms with Crippen LogP contribution in [0.5, 0.6) is 17.2 Å². The van der Waals surface area contributed by atoms with Crippen LogP contribution >= 0.6 is 23.4 Å². The van der Waals surface area contributed by atoms with Crippen molar-refractivity contribution in [3.8, 4) is 17.2 Å². The van der Waals surface area contributed by atoms with E-state index < -0.39 is 0 Å². The molecule has 3 aromatic carbocycles. The van der Waals surface area contributed by atoms with E-state index in [1.54, 1.807) is 7.11 Å². The van der Waals surface area contributed by atoms with Crippen molar-refractivity contribution < 1.29 is 19.0 Å². The second-order valence-electron chi connectivity index (χ2n) is 7.71. The Morgan fingerprint density at radius 2 is 1.77 bits per heavy atom. The Labute approximate surface area is 214 Å². The number of nitrogens with zero attached hydrogens (tertiary/aromatic N) is 1. The van der Waals surface area contributed by atoms with Crippen molar-refractivity contribution in [2.45, 2.75) is 20.5 Å². The van der Waals surface area contributed by atoms with Gasteiger partial charge < -0.3 is 19.5 Å². The van der Waals surface area contributed by atoms with Gasteiger partial charge in [0.25, 0.3) is 5.91 Å². The molecule has 0 saturated carbocycles. The SMILES string of the molecule is CCOc1cc(/C=C2\SC(=Nc3cc(C)ccc3OC)NC2=O)ccc1OCc1ccc(Cl)cc1. The average molecular weight is 509 g/mol. The van der Waals surface area contributed by atoms with Crippen LogP contribution < -0.4 is 19.5 Å². The smallest absolute Gasteiger partial charge is 0.264 e. The molecular formula is C27H25ClN2O4S. The predicted molar refractivity (Wildman–Crippen MR) is 142 cm³/mol. The van der Waals surface area contributed by atoms with Crippen molar-refractivity contribution in [2.75, 3.05) is 13.7 Å². The Hall–Kier alpha value is -3.42. The molecule has 1 N–H and O–H groups in total. The molecule has 1 heterocycles. The van der Waals surface area contributed by atoms with Crippen molar-refractivity contribution in [2.24, 2.45) is 4.99 Å². The summed E-state index contributed by atoms with van der Waals surface area (Å²) in [6, 6.07) is 18.8. The molecule has 1 aliphatic heterocycles. The van der Waals surface area contributed by atoms with Gasteiger partial charge in [0.15, 0.2) is 16.7 Å². The van der Waals surface area contributed by atoms with Gasteiger partial charge in [-0.1, -0.05) is 35.9 Å². The Morgan fingerprint density at radius 3 is 2.51 bits per heavy atom. The maximum atomic E-state index is 12.6. The quantitative estimate of drug-likeness (QED) is 0.350. The van der Waals surface area contributed by atoms with Gasteiger partial charge >= 0.3 is 0 Å². The fourth-order valence-corrected chi connectivity index (χ4v) is 4.33. The molecular weight excluding hydrogens is 484 g/mol. The predicted octanol–water partition coefficient (Wildman–Crippen LogP) is 6.53. The molecule has 0 radical (unpaired) electrons. The minimum absolute atomic E-state index is 0.207. The highest BCUT2D eigenvalue weighted by Crippen LogP contribution is 2.35. The molecule has 6 nitrogen and oxygen atoms in total. The lowest BCUT2D eigenvalue weighted by Crippen LogP contribution is -2.19. The molecule has 0 aromatic heterocycles. The lowest BCUT2D eigenvalue weighted by molar-refractivity contribution is -0.115. The summed E-state index contributed by atoms with van der Waals surface area (Å²) >= 11 is 7.23. The zero-order chi connectivity index (χ0) is 24.8. The van der Waals surface area contributed by atoms with Crippen LogP contribution in [-0.2, 0) is 11.4 Å². The Morgan fingerprint density at radius 1 is 1.00 bits per heavy atom. The van der Waals surface area contributed by atoms with Gasteiger partial charge in [-0.15, -0.1) is 0 Å². The molecule has 0 atom stereocenters. The fraction of sp³-hybridized carbons (Fsp3) is 0.185. The van der Waals surface area contributed by atoms with E-state index in [0.717, 1.165) is 16.7 Å². The highest BCUT2D eigenvalue weighted by molar-refractivity contribution is 8.18. The minimum Gasteiger partial charge on any atom is -0.494 e. The van der Waals surface area contributed by atoms with E-state index >= 15 is 0 Å². The van der Waals surface area contributed by atoms with Crippen LogP contribution in [0.2, 0.25) is 5.02 Å². The fourth-order valence-electron chi connectivity index (χ4n) is 3.37. The van der Waals surface area contributed by atoms with Gasteiger partial charge in [0.05, 0.1) is 18.6 Å². The lowest BCUT2D eigenvalue weighted by atomic mass is 10.2. The molecule has 0 aliphatic carbocycles. The van der Waals surface area contributed by atoms with Gasteiger partial charge in [-0.25, -0.2) is 4.99 Å². The standard InChI is InChI=1S/C27H25ClN2O4S/c1-4-33-24-14-19(8-12-23(24)34-16-18-6-9-20(28)10-7-18)15-25-26(31)30-27(35-25)29-21-13-17(2)5-11-22(21)32-3/h5-15H,4,16H2,1-3H3,(H,29,30,31)/b25-15-. The number of hydrogen-bond donors (Lipinski definition) is 1. The van der Waals surface area contributed by atoms with Crippen LogP contribution in [0.4, 0.5) is 5.69 Å². The van der Waals surface area contributed by atoms with Crippen LogP contribution in [0.3, 0.4) is 0 Å². The summed E-state index contributed by atoms with van der Waals surface area (Å²) in [4.78, 5) is 17.7. The first-order valence-electron chi connectivity index (χ1n) is 11.0. The Balaban J connectivity index is 1.52. The molecule has 3 aromatic rings. The minimum atomic E-state index is -0.207. The first-order valence-corrected chi connectivity index (χ1v) is 12.2. The van der Waals surface area contributed by atoms with Gasteiger partial charge in [0.2, 0.25) is 0 Å². The number of thioether (sulfide) groups is 1. The molecule has 0 bridgehead atoms. The molecule has 1 saturated heterocycles. The number of halogens is 1. The molecule has 1 aliphatic rings. The summed E-state index contributed by atoms with van der Waals surface area (Å²) in [6.45, 7) is 4.77. The topological polar surface area (TPSA) is 69.2 Å². The Bertz CT molecular complexity index is 1290. The number of ether oxygens (including phenoxy) is 3. The summed E-state index contributed by atoms with van der Waals surface area (Å²) in [5, 5.41) is 4.00. The van der Waals surface area contributed by atoms with E-state index in [-0.39, 0.29) is 5.91 Å². The summed E-state index contributed by atoms with van der Waals surface area (Å²) in [6.07, 6.45) is 1.81. The number of benzene rings is 3. The van der Waals surface area contributed by atoms with E-state index in [9.17, 15) is 4.79 Å². The molecule has 180 valence electrons. The zero-order valence-electron chi connectivity index (χ0n) is 19.6. The molecule has 1 fully saturated rings. The monoisotopic (exact) mass is 508 g/mol. The summed E-state index contributed by atoms with van der Waals surface area (Å²) in [5.74, 6) is 1.67. The summed E-state index contributed by atoms with van der Waals surface area (Å²) in [5.41, 5.74) is 3.54. The number of aryl methyl sites for hydroxylation is 1. The van der Waals surface area contributed by atoms with Crippen LogP contribution in [0.1, 0.15) is 23.6 Å². The third-order valence-electron chi connectivity index (χ3n) is 5.08. The normalized spacial score (nSPS) is 15.4. The van der Waals surface area contributed by atoms with Gasteiger partial charge in [0, 0.05) is 5.02 Å². The molecule has 0 spiro atoms. The zero-order valence-corrected chi connectivity index (χ0v) is 21.2. The van der Waals surface area contributed by atoms with Gasteiger partial charge in [-0.3, -0.25) is 4.79 Å². The number of carbonyl (C=O) groups excluding carboxylic acids is 1. The highest BCUT2D eigenvalue weighted by atomic mass is 35.5. The van der Waals surface area contributed by atoms with Crippen molar-refractivity contribution in [1.82, 2.24) is 5.32 Å². The van der Waals surface area contributed by atoms with Gasteiger partial charge in [-0.05, 0) is 84.8 Å². The summed E-state index contributed by atoms with van der Waals surface area (Å²) in [7, 11) is 1.60. The number of amidine groups is 1. The second kappa shape index (κ2) is 11.3. The molecule has 1 amide bonds. The van der Waals surface area contributed by atoms with Crippen molar-refractivity contribution in [1.29, 1.82) is 0 Å². The molecule has 4 rings (SSSR count). The number of aliphatic imine (C=N–C) groups is 1. The second-order valence-corrected chi connectivity index (χ2v) is 9.18. The van der Waals surface area contributed by atoms with Crippen LogP contribution in [0, 0.1) is 6.92 Å². The number of carbonyl (C=O) groups is 1. The average Bonchev–Trinajstić information content (AvgIpc) is 3.18. The first kappa shape index (κ1) is 24.7. The van der Waals surface area contributed by atoms with Crippen LogP contribution in [0.15, 0.2) is 70.6 Å². The largest absolute Gasteiger partial charge is 0.494 e. The van der Waals surface area contributed by atoms with Crippen molar-refractivity contribution in [3.63, 3.8) is 0 Å². The van der Waals surface area contributed by atoms with Crippen molar-refractivity contribution in [3.05, 3.63) is 87.3 Å². The van der Waals surface area contributed by atoms with E-state index in [0.29, 0.717) is 51.2 Å². The van der Waals surface area contributed by atoms with Gasteiger partial charge in [-0.2, -0.15) is 0 Å². The van der Waals surface area contributed by atoms with Crippen LogP contribution in [0.25, 0.3) is 6.08 Å². The number of amides is 1. The van der Waals surface area contributed by atoms with Gasteiger partial charge in [0.1, 0.15) is 18.0 Å². The highest BCUT2D eigenvalue weighted by Gasteiger charge is 2.24. The van der Waals surface area contributed by atoms with E-state index in [4.69, 9.17) is 25.8 Å². The Kier molecular flexibility index (Phi) is 8.00. The number of methoxy groups -OCH3 is 1. The first-order chi connectivity index (χ1) is 16.9. The van der Waals surface area contributed by atoms with E-state index in [1.165, 1.54) is 11.8 Å². The summed E-state index contributed by atoms with van der Waals surface area (Å²) < 4.78 is 17.2. The third-order valence-corrected chi connectivity index (χ3v) is 6.24. The molecule has 35 heavy (non-hydrogen) atoms. The number of rotatable bonds is 8. The van der Waals surface area contributed by atoms with E-state index in [2.05, 4.69) is 10.3 Å². The molecule has 0 unspecified atom stereocenters. The van der Waals surface area contributed by atoms with Crippen molar-refractivity contribution >= 4 is 46.2 Å². The maximum absolute atomic E-state index is 12.6. The lowest BCUT2D eigenvalue weighted by Gasteiger charge is -2.13. The number of hydrogen-bond acceptors (Lipinski definition) is 6. The van der Waals surface area contributed by atoms with Crippen LogP contribution in [-0.4, -0.2) is 24.8 Å². The third kappa shape index (κ3) is 6.38. The van der Waals surface area contributed by atoms with E-state index in [1.807, 2.05) is 80.6 Å².